The quantitative estimate of drug-likeness (QED) is 0.384. The number of benzene rings is 2. The summed E-state index contributed by atoms with van der Waals surface area (Å²) in [5, 5.41) is 11.2. The molecule has 0 bridgehead atoms. The number of hydrogen-bond donors (Lipinski definition) is 1. The van der Waals surface area contributed by atoms with Gasteiger partial charge in [0, 0.05) is 18.7 Å². The van der Waals surface area contributed by atoms with E-state index >= 15 is 0 Å². The number of aryl methyl sites for hydroxylation is 2. The smallest absolute Gasteiger partial charge is 0.295 e. The molecule has 0 aliphatic carbocycles. The van der Waals surface area contributed by atoms with Crippen LogP contribution in [-0.2, 0) is 9.59 Å². The highest BCUT2D eigenvalue weighted by molar-refractivity contribution is 6.46. The number of aliphatic hydroxyl groups excluding tert-OH is 1. The fourth-order valence-corrected chi connectivity index (χ4v) is 4.18. The normalized spacial score (nSPS) is 17.9. The van der Waals surface area contributed by atoms with Gasteiger partial charge in [0.1, 0.15) is 11.5 Å². The summed E-state index contributed by atoms with van der Waals surface area (Å²) in [7, 11) is 1.58. The standard InChI is InChI=1S/C26H32N2O4/c1-6-27(7-2)14-15-28-23(19-10-8-17(3)9-11-19)22(25(30)26(28)31)24(29)20-12-13-21(32-5)18(4)16-20/h8-13,16,23,29H,6-7,14-15H2,1-5H3/t23-/m1/s1. The number of Topliss-reactive ketones (excluding diaryl/α,β-unsaturated/α-hetero) is 1. The molecule has 0 unspecified atom stereocenters. The summed E-state index contributed by atoms with van der Waals surface area (Å²) in [4.78, 5) is 30.0. The van der Waals surface area contributed by atoms with Gasteiger partial charge in [0.2, 0.25) is 0 Å². The molecule has 6 nitrogen and oxygen atoms in total. The molecule has 0 radical (unpaired) electrons. The molecular weight excluding hydrogens is 404 g/mol. The van der Waals surface area contributed by atoms with E-state index in [1.54, 1.807) is 30.2 Å². The second-order valence-electron chi connectivity index (χ2n) is 8.11. The number of rotatable bonds is 8. The Morgan fingerprint density at radius 3 is 2.28 bits per heavy atom. The van der Waals surface area contributed by atoms with Crippen molar-refractivity contribution in [2.75, 3.05) is 33.3 Å². The summed E-state index contributed by atoms with van der Waals surface area (Å²) in [6.45, 7) is 10.8. The number of likely N-dealkylation sites (tertiary alicyclic amines) is 1. The molecular formula is C26H32N2O4. The molecule has 6 heteroatoms. The number of ether oxygens (including phenoxy) is 1. The lowest BCUT2D eigenvalue weighted by molar-refractivity contribution is -0.140. The van der Waals surface area contributed by atoms with E-state index in [1.807, 2.05) is 38.1 Å². The molecule has 1 N–H and O–H groups in total. The van der Waals surface area contributed by atoms with Gasteiger partial charge in [-0.25, -0.2) is 0 Å². The molecule has 2 aromatic rings. The zero-order valence-electron chi connectivity index (χ0n) is 19.5. The van der Waals surface area contributed by atoms with Crippen molar-refractivity contribution in [2.24, 2.45) is 0 Å². The molecule has 0 aromatic heterocycles. The van der Waals surface area contributed by atoms with Crippen molar-refractivity contribution in [2.45, 2.75) is 33.7 Å². The van der Waals surface area contributed by atoms with Crippen molar-refractivity contribution in [3.8, 4) is 5.75 Å². The number of amides is 1. The van der Waals surface area contributed by atoms with E-state index in [0.29, 0.717) is 24.4 Å². The van der Waals surface area contributed by atoms with E-state index in [1.165, 1.54) is 0 Å². The van der Waals surface area contributed by atoms with Crippen LogP contribution < -0.4 is 4.74 Å². The Balaban J connectivity index is 2.10. The minimum Gasteiger partial charge on any atom is -0.507 e. The van der Waals surface area contributed by atoms with Gasteiger partial charge in [-0.3, -0.25) is 9.59 Å². The number of methoxy groups -OCH3 is 1. The van der Waals surface area contributed by atoms with E-state index < -0.39 is 17.7 Å². The lowest BCUT2D eigenvalue weighted by atomic mass is 9.94. The van der Waals surface area contributed by atoms with E-state index in [2.05, 4.69) is 18.7 Å². The molecule has 1 heterocycles. The summed E-state index contributed by atoms with van der Waals surface area (Å²) in [6.07, 6.45) is 0. The van der Waals surface area contributed by atoms with Crippen LogP contribution in [0, 0.1) is 13.8 Å². The summed E-state index contributed by atoms with van der Waals surface area (Å²) >= 11 is 0. The first kappa shape index (κ1) is 23.5. The van der Waals surface area contributed by atoms with Crippen LogP contribution in [-0.4, -0.2) is 59.9 Å². The van der Waals surface area contributed by atoms with Crippen molar-refractivity contribution in [1.82, 2.24) is 9.80 Å². The monoisotopic (exact) mass is 436 g/mol. The fraction of sp³-hybridized carbons (Fsp3) is 0.385. The molecule has 32 heavy (non-hydrogen) atoms. The molecule has 1 fully saturated rings. The van der Waals surface area contributed by atoms with E-state index in [0.717, 1.165) is 29.8 Å². The van der Waals surface area contributed by atoms with Crippen molar-refractivity contribution >= 4 is 17.4 Å². The molecule has 1 amide bonds. The third kappa shape index (κ3) is 4.55. The summed E-state index contributed by atoms with van der Waals surface area (Å²) in [5.41, 5.74) is 3.34. The first-order valence-corrected chi connectivity index (χ1v) is 11.0. The van der Waals surface area contributed by atoms with Gasteiger partial charge in [0.15, 0.2) is 0 Å². The molecule has 0 saturated carbocycles. The Labute approximate surface area is 190 Å². The molecule has 0 spiro atoms. The lowest BCUT2D eigenvalue weighted by Gasteiger charge is -2.28. The zero-order valence-corrected chi connectivity index (χ0v) is 19.5. The van der Waals surface area contributed by atoms with Gasteiger partial charge in [-0.2, -0.15) is 0 Å². The van der Waals surface area contributed by atoms with Crippen LogP contribution in [0.5, 0.6) is 5.75 Å². The third-order valence-corrected chi connectivity index (χ3v) is 6.15. The number of hydrogen-bond acceptors (Lipinski definition) is 5. The van der Waals surface area contributed by atoms with Crippen molar-refractivity contribution in [1.29, 1.82) is 0 Å². The number of ketones is 1. The van der Waals surface area contributed by atoms with Crippen molar-refractivity contribution in [3.05, 3.63) is 70.3 Å². The fourth-order valence-electron chi connectivity index (χ4n) is 4.18. The van der Waals surface area contributed by atoms with E-state index in [-0.39, 0.29) is 11.3 Å². The Kier molecular flexibility index (Phi) is 7.36. The number of likely N-dealkylation sites (N-methyl/N-ethyl adjacent to an activating group) is 1. The van der Waals surface area contributed by atoms with Gasteiger partial charge < -0.3 is 19.6 Å². The molecule has 2 aromatic carbocycles. The van der Waals surface area contributed by atoms with Crippen LogP contribution in [0.3, 0.4) is 0 Å². The average molecular weight is 437 g/mol. The predicted molar refractivity (Wildman–Crippen MR) is 126 cm³/mol. The summed E-state index contributed by atoms with van der Waals surface area (Å²) < 4.78 is 5.31. The molecule has 170 valence electrons. The van der Waals surface area contributed by atoms with Gasteiger partial charge in [-0.15, -0.1) is 0 Å². The van der Waals surface area contributed by atoms with Crippen LogP contribution in [0.15, 0.2) is 48.0 Å². The highest BCUT2D eigenvalue weighted by Gasteiger charge is 2.45. The Hall–Kier alpha value is -3.12. The van der Waals surface area contributed by atoms with Gasteiger partial charge in [-0.05, 0) is 56.3 Å². The molecule has 1 aliphatic rings. The molecule has 1 aliphatic heterocycles. The first-order chi connectivity index (χ1) is 15.3. The van der Waals surface area contributed by atoms with Gasteiger partial charge in [0.05, 0.1) is 18.7 Å². The van der Waals surface area contributed by atoms with E-state index in [9.17, 15) is 14.7 Å². The van der Waals surface area contributed by atoms with Crippen LogP contribution in [0.1, 0.15) is 42.1 Å². The van der Waals surface area contributed by atoms with E-state index in [4.69, 9.17) is 4.74 Å². The topological polar surface area (TPSA) is 70.1 Å². The largest absolute Gasteiger partial charge is 0.507 e. The minimum atomic E-state index is -0.652. The van der Waals surface area contributed by atoms with Crippen LogP contribution in [0.25, 0.3) is 5.76 Å². The second kappa shape index (κ2) is 10.0. The van der Waals surface area contributed by atoms with Gasteiger partial charge in [0.25, 0.3) is 11.7 Å². The number of carbonyl (C=O) groups is 2. The maximum atomic E-state index is 13.1. The average Bonchev–Trinajstić information content (AvgIpc) is 3.04. The third-order valence-electron chi connectivity index (χ3n) is 6.15. The summed E-state index contributed by atoms with van der Waals surface area (Å²) in [5.74, 6) is -0.697. The Bertz CT molecular complexity index is 1020. The molecule has 1 saturated heterocycles. The summed E-state index contributed by atoms with van der Waals surface area (Å²) in [6, 6.07) is 12.3. The molecule has 1 atom stereocenters. The van der Waals surface area contributed by atoms with Crippen LogP contribution >= 0.6 is 0 Å². The molecule has 3 rings (SSSR count). The maximum Gasteiger partial charge on any atom is 0.295 e. The Morgan fingerprint density at radius 1 is 1.06 bits per heavy atom. The maximum absolute atomic E-state index is 13.1. The van der Waals surface area contributed by atoms with Gasteiger partial charge >= 0.3 is 0 Å². The highest BCUT2D eigenvalue weighted by atomic mass is 16.5. The minimum absolute atomic E-state index is 0.128. The van der Waals surface area contributed by atoms with Crippen molar-refractivity contribution < 1.29 is 19.4 Å². The van der Waals surface area contributed by atoms with Gasteiger partial charge in [-0.1, -0.05) is 43.7 Å². The number of aliphatic hydroxyl groups is 1. The van der Waals surface area contributed by atoms with Crippen LogP contribution in [0.2, 0.25) is 0 Å². The highest BCUT2D eigenvalue weighted by Crippen LogP contribution is 2.39. The van der Waals surface area contributed by atoms with Crippen LogP contribution in [0.4, 0.5) is 0 Å². The SMILES string of the molecule is CCN(CC)CCN1C(=O)C(=O)C(=C(O)c2ccc(OC)c(C)c2)[C@H]1c1ccc(C)cc1. The number of carbonyl (C=O) groups excluding carboxylic acids is 2. The lowest BCUT2D eigenvalue weighted by Crippen LogP contribution is -2.38. The van der Waals surface area contributed by atoms with Crippen molar-refractivity contribution in [3.63, 3.8) is 0 Å². The number of nitrogens with zero attached hydrogens (tertiary/aromatic N) is 2. The zero-order chi connectivity index (χ0) is 23.4. The second-order valence-corrected chi connectivity index (χ2v) is 8.11. The first-order valence-electron chi connectivity index (χ1n) is 11.0. The Morgan fingerprint density at radius 2 is 1.72 bits per heavy atom. The predicted octanol–water partition coefficient (Wildman–Crippen LogP) is 4.08.